The molecule has 1 aliphatic heterocycles. The van der Waals surface area contributed by atoms with Crippen molar-refractivity contribution in [2.45, 2.75) is 13.3 Å². The number of para-hydroxylation sites is 1. The van der Waals surface area contributed by atoms with Gasteiger partial charge >= 0.3 is 0 Å². The second-order valence-electron chi connectivity index (χ2n) is 5.95. The zero-order chi connectivity index (χ0) is 17.4. The Labute approximate surface area is 149 Å². The Balaban J connectivity index is 1.78. The van der Waals surface area contributed by atoms with Crippen molar-refractivity contribution >= 4 is 28.9 Å². The van der Waals surface area contributed by atoms with Crippen molar-refractivity contribution in [3.05, 3.63) is 42.5 Å². The van der Waals surface area contributed by atoms with Crippen molar-refractivity contribution in [3.63, 3.8) is 0 Å². The molecule has 1 heterocycles. The maximum Gasteiger partial charge on any atom is 0.279 e. The van der Waals surface area contributed by atoms with E-state index in [0.29, 0.717) is 13.1 Å². The lowest BCUT2D eigenvalue weighted by Crippen LogP contribution is -3.15. The summed E-state index contributed by atoms with van der Waals surface area (Å²) in [4.78, 5) is 15.8. The number of hydrogen-bond donors (Lipinski definition) is 3. The van der Waals surface area contributed by atoms with E-state index >= 15 is 0 Å². The Bertz CT molecular complexity index is 582. The van der Waals surface area contributed by atoms with Crippen molar-refractivity contribution < 1.29 is 9.69 Å². The van der Waals surface area contributed by atoms with Crippen molar-refractivity contribution in [1.82, 2.24) is 10.2 Å². The summed E-state index contributed by atoms with van der Waals surface area (Å²) >= 11 is 5.36. The second-order valence-corrected chi connectivity index (χ2v) is 6.33. The zero-order valence-corrected chi connectivity index (χ0v) is 15.1. The van der Waals surface area contributed by atoms with Crippen LogP contribution in [0.15, 0.2) is 36.9 Å². The van der Waals surface area contributed by atoms with Gasteiger partial charge in [0, 0.05) is 12.2 Å². The van der Waals surface area contributed by atoms with Crippen molar-refractivity contribution in [2.75, 3.05) is 44.6 Å². The molecule has 0 spiro atoms. The molecule has 0 atom stereocenters. The van der Waals surface area contributed by atoms with Gasteiger partial charge in [0.1, 0.15) is 0 Å². The van der Waals surface area contributed by atoms with Crippen LogP contribution in [0.4, 0.5) is 5.69 Å². The first-order valence-electron chi connectivity index (χ1n) is 8.49. The number of quaternary nitrogens is 1. The molecule has 0 saturated carbocycles. The Kier molecular flexibility index (Phi) is 7.21. The molecule has 1 aromatic carbocycles. The van der Waals surface area contributed by atoms with E-state index in [1.54, 1.807) is 6.08 Å². The molecule has 0 bridgehead atoms. The molecule has 1 saturated heterocycles. The van der Waals surface area contributed by atoms with E-state index in [9.17, 15) is 4.79 Å². The minimum Gasteiger partial charge on any atom is -0.359 e. The van der Waals surface area contributed by atoms with Crippen LogP contribution >= 0.6 is 12.2 Å². The summed E-state index contributed by atoms with van der Waals surface area (Å²) in [6.45, 7) is 10.5. The molecule has 6 heteroatoms. The fraction of sp³-hybridized carbons (Fsp3) is 0.444. The third-order valence-corrected chi connectivity index (χ3v) is 4.64. The average molecular weight is 348 g/mol. The van der Waals surface area contributed by atoms with Crippen LogP contribution in [0.25, 0.3) is 0 Å². The van der Waals surface area contributed by atoms with E-state index < -0.39 is 0 Å². The molecular weight excluding hydrogens is 320 g/mol. The number of nitrogens with one attached hydrogen (secondary N) is 3. The molecule has 1 fully saturated rings. The first kappa shape index (κ1) is 18.4. The SMILES string of the molecule is C=CCNC(=S)N1CC[NH+](CC(=O)Nc2ccccc2CC)CC1. The Morgan fingerprint density at radius 1 is 1.38 bits per heavy atom. The first-order chi connectivity index (χ1) is 11.6. The summed E-state index contributed by atoms with van der Waals surface area (Å²) in [5.41, 5.74) is 2.10. The van der Waals surface area contributed by atoms with Crippen molar-refractivity contribution in [3.8, 4) is 0 Å². The number of rotatable bonds is 6. The van der Waals surface area contributed by atoms with Gasteiger partial charge < -0.3 is 20.4 Å². The number of benzene rings is 1. The molecule has 2 rings (SSSR count). The van der Waals surface area contributed by atoms with Crippen LogP contribution in [-0.4, -0.2) is 55.2 Å². The lowest BCUT2D eigenvalue weighted by atomic mass is 10.1. The minimum absolute atomic E-state index is 0.0757. The van der Waals surface area contributed by atoms with E-state index in [1.165, 1.54) is 10.5 Å². The molecular formula is C18H27N4OS+. The summed E-state index contributed by atoms with van der Waals surface area (Å²) in [6, 6.07) is 7.98. The van der Waals surface area contributed by atoms with Crippen LogP contribution in [0.5, 0.6) is 0 Å². The van der Waals surface area contributed by atoms with E-state index in [0.717, 1.165) is 43.4 Å². The zero-order valence-electron chi connectivity index (χ0n) is 14.3. The highest BCUT2D eigenvalue weighted by Gasteiger charge is 2.23. The number of anilines is 1. The third-order valence-electron chi connectivity index (χ3n) is 4.24. The van der Waals surface area contributed by atoms with Crippen LogP contribution in [0.2, 0.25) is 0 Å². The van der Waals surface area contributed by atoms with Gasteiger partial charge in [-0.15, -0.1) is 6.58 Å². The molecule has 0 radical (unpaired) electrons. The fourth-order valence-corrected chi connectivity index (χ4v) is 3.11. The van der Waals surface area contributed by atoms with Gasteiger partial charge in [0.15, 0.2) is 11.7 Å². The van der Waals surface area contributed by atoms with E-state index in [1.807, 2.05) is 18.2 Å². The van der Waals surface area contributed by atoms with Crippen molar-refractivity contribution in [2.24, 2.45) is 0 Å². The van der Waals surface area contributed by atoms with Crippen LogP contribution in [0.3, 0.4) is 0 Å². The molecule has 1 aliphatic rings. The molecule has 0 unspecified atom stereocenters. The fourth-order valence-electron chi connectivity index (χ4n) is 2.85. The van der Waals surface area contributed by atoms with Crippen LogP contribution in [-0.2, 0) is 11.2 Å². The van der Waals surface area contributed by atoms with Crippen molar-refractivity contribution in [1.29, 1.82) is 0 Å². The molecule has 0 aromatic heterocycles. The molecule has 0 aliphatic carbocycles. The molecule has 1 amide bonds. The smallest absolute Gasteiger partial charge is 0.279 e. The van der Waals surface area contributed by atoms with Crippen LogP contribution in [0.1, 0.15) is 12.5 Å². The summed E-state index contributed by atoms with van der Waals surface area (Å²) in [7, 11) is 0. The molecule has 5 nitrogen and oxygen atoms in total. The van der Waals surface area contributed by atoms with Gasteiger partial charge in [-0.25, -0.2) is 0 Å². The minimum atomic E-state index is 0.0757. The quantitative estimate of drug-likeness (QED) is 0.517. The summed E-state index contributed by atoms with van der Waals surface area (Å²) in [6.07, 6.45) is 2.71. The van der Waals surface area contributed by atoms with Gasteiger partial charge in [0.05, 0.1) is 26.2 Å². The van der Waals surface area contributed by atoms with E-state index in [4.69, 9.17) is 12.2 Å². The van der Waals surface area contributed by atoms with Gasteiger partial charge in [0.2, 0.25) is 0 Å². The highest BCUT2D eigenvalue weighted by Crippen LogP contribution is 2.14. The largest absolute Gasteiger partial charge is 0.359 e. The number of amides is 1. The summed E-state index contributed by atoms with van der Waals surface area (Å²) in [5.74, 6) is 0.0757. The summed E-state index contributed by atoms with van der Waals surface area (Å²) < 4.78 is 0. The standard InChI is InChI=1S/C18H26N4OS/c1-3-9-19-18(24)22-12-10-21(11-13-22)14-17(23)20-16-8-6-5-7-15(16)4-2/h3,5-8H,1,4,9-14H2,2H3,(H,19,24)(H,20,23)/p+1. The predicted octanol–water partition coefficient (Wildman–Crippen LogP) is 0.449. The molecule has 24 heavy (non-hydrogen) atoms. The van der Waals surface area contributed by atoms with Crippen LogP contribution < -0.4 is 15.5 Å². The van der Waals surface area contributed by atoms with E-state index in [-0.39, 0.29) is 5.91 Å². The highest BCUT2D eigenvalue weighted by molar-refractivity contribution is 7.80. The number of piperazine rings is 1. The number of hydrogen-bond acceptors (Lipinski definition) is 2. The molecule has 1 aromatic rings. The lowest BCUT2D eigenvalue weighted by Gasteiger charge is -2.33. The highest BCUT2D eigenvalue weighted by atomic mass is 32.1. The maximum atomic E-state index is 12.3. The second kappa shape index (κ2) is 9.39. The monoisotopic (exact) mass is 347 g/mol. The number of carbonyl (C=O) groups excluding carboxylic acids is 1. The molecule has 130 valence electrons. The Morgan fingerprint density at radius 3 is 2.75 bits per heavy atom. The number of thiocarbonyl (C=S) groups is 1. The number of carbonyl (C=O) groups is 1. The Morgan fingerprint density at radius 2 is 2.08 bits per heavy atom. The average Bonchev–Trinajstić information content (AvgIpc) is 2.60. The topological polar surface area (TPSA) is 48.8 Å². The number of aryl methyl sites for hydroxylation is 1. The maximum absolute atomic E-state index is 12.3. The van der Waals surface area contributed by atoms with Gasteiger partial charge in [-0.2, -0.15) is 0 Å². The van der Waals surface area contributed by atoms with Crippen LogP contribution in [0, 0.1) is 0 Å². The Hall–Kier alpha value is -1.92. The van der Waals surface area contributed by atoms with Gasteiger partial charge in [-0.05, 0) is 30.3 Å². The predicted molar refractivity (Wildman–Crippen MR) is 102 cm³/mol. The first-order valence-corrected chi connectivity index (χ1v) is 8.89. The third kappa shape index (κ3) is 5.32. The van der Waals surface area contributed by atoms with Gasteiger partial charge in [0.25, 0.3) is 5.91 Å². The van der Waals surface area contributed by atoms with E-state index in [2.05, 4.69) is 35.1 Å². The normalized spacial score (nSPS) is 15.0. The lowest BCUT2D eigenvalue weighted by molar-refractivity contribution is -0.895. The van der Waals surface area contributed by atoms with Gasteiger partial charge in [-0.3, -0.25) is 4.79 Å². The summed E-state index contributed by atoms with van der Waals surface area (Å²) in [5, 5.41) is 6.98. The van der Waals surface area contributed by atoms with Gasteiger partial charge in [-0.1, -0.05) is 31.2 Å². The number of nitrogens with zero attached hydrogens (tertiary/aromatic N) is 1. The molecule has 3 N–H and O–H groups in total.